The lowest BCUT2D eigenvalue weighted by molar-refractivity contribution is 1.45. The van der Waals surface area contributed by atoms with Crippen molar-refractivity contribution in [1.29, 1.82) is 5.26 Å². The SMILES string of the molecule is C=CC(C#N)=N/C=C(\N)Br. The lowest BCUT2D eigenvalue weighted by Gasteiger charge is -1.82. The zero-order chi connectivity index (χ0) is 7.98. The van der Waals surface area contributed by atoms with Gasteiger partial charge in [-0.2, -0.15) is 5.26 Å². The summed E-state index contributed by atoms with van der Waals surface area (Å²) in [7, 11) is 0. The molecule has 0 rings (SSSR count). The van der Waals surface area contributed by atoms with Crippen LogP contribution in [0.1, 0.15) is 0 Å². The van der Waals surface area contributed by atoms with Crippen molar-refractivity contribution >= 4 is 21.6 Å². The Morgan fingerprint density at radius 2 is 2.40 bits per heavy atom. The van der Waals surface area contributed by atoms with Gasteiger partial charge in [-0.25, -0.2) is 4.99 Å². The number of hydrogen-bond donors (Lipinski definition) is 1. The first-order valence-electron chi connectivity index (χ1n) is 2.42. The van der Waals surface area contributed by atoms with Gasteiger partial charge in [-0.3, -0.25) is 0 Å². The highest BCUT2D eigenvalue weighted by molar-refractivity contribution is 9.11. The van der Waals surface area contributed by atoms with Crippen molar-refractivity contribution in [3.05, 3.63) is 23.5 Å². The standard InChI is InChI=1S/C6H6BrN3/c1-2-5(3-8)10-4-6(7)9/h2,4H,1,9H2/b6-4-,10-5?. The molecular weight excluding hydrogens is 194 g/mol. The number of nitrogens with zero attached hydrogens (tertiary/aromatic N) is 2. The molecule has 4 heteroatoms. The monoisotopic (exact) mass is 199 g/mol. The number of allylic oxidation sites excluding steroid dienone is 1. The molecule has 0 amide bonds. The molecule has 0 atom stereocenters. The summed E-state index contributed by atoms with van der Waals surface area (Å²) in [5, 5.41) is 8.30. The molecule has 0 unspecified atom stereocenters. The van der Waals surface area contributed by atoms with Crippen molar-refractivity contribution in [1.82, 2.24) is 0 Å². The Kier molecular flexibility index (Phi) is 4.25. The molecule has 0 aromatic heterocycles. The van der Waals surface area contributed by atoms with E-state index in [4.69, 9.17) is 11.0 Å². The van der Waals surface area contributed by atoms with Crippen molar-refractivity contribution in [3.8, 4) is 6.07 Å². The van der Waals surface area contributed by atoms with E-state index in [1.54, 1.807) is 0 Å². The quantitative estimate of drug-likeness (QED) is 0.539. The van der Waals surface area contributed by atoms with Gasteiger partial charge in [0.05, 0.1) is 10.8 Å². The van der Waals surface area contributed by atoms with Gasteiger partial charge in [0.2, 0.25) is 0 Å². The third-order valence-corrected chi connectivity index (χ3v) is 0.840. The molecule has 0 saturated heterocycles. The van der Waals surface area contributed by atoms with E-state index in [0.29, 0.717) is 4.61 Å². The van der Waals surface area contributed by atoms with Crippen LogP contribution in [0.5, 0.6) is 0 Å². The summed E-state index contributed by atoms with van der Waals surface area (Å²) >= 11 is 2.95. The number of hydrogen-bond acceptors (Lipinski definition) is 3. The molecular formula is C6H6BrN3. The smallest absolute Gasteiger partial charge is 0.139 e. The molecule has 0 spiro atoms. The normalized spacial score (nSPS) is 12.4. The summed E-state index contributed by atoms with van der Waals surface area (Å²) in [5.41, 5.74) is 5.42. The van der Waals surface area contributed by atoms with E-state index in [2.05, 4.69) is 27.5 Å². The van der Waals surface area contributed by atoms with E-state index in [1.165, 1.54) is 12.3 Å². The Balaban J connectivity index is 4.31. The van der Waals surface area contributed by atoms with Crippen LogP contribution in [0.2, 0.25) is 0 Å². The van der Waals surface area contributed by atoms with E-state index in [9.17, 15) is 0 Å². The summed E-state index contributed by atoms with van der Waals surface area (Å²) in [5.74, 6) is 0. The molecule has 3 nitrogen and oxygen atoms in total. The van der Waals surface area contributed by atoms with Gasteiger partial charge in [0, 0.05) is 0 Å². The van der Waals surface area contributed by atoms with E-state index in [0.717, 1.165) is 0 Å². The van der Waals surface area contributed by atoms with Crippen LogP contribution in [0.15, 0.2) is 28.5 Å². The van der Waals surface area contributed by atoms with Gasteiger partial charge in [-0.05, 0) is 22.0 Å². The van der Waals surface area contributed by atoms with Gasteiger partial charge in [0.15, 0.2) is 0 Å². The summed E-state index contributed by atoms with van der Waals surface area (Å²) in [6, 6.07) is 1.82. The Hall–Kier alpha value is -1.08. The average molecular weight is 200 g/mol. The topological polar surface area (TPSA) is 62.2 Å². The van der Waals surface area contributed by atoms with E-state index in [-0.39, 0.29) is 5.71 Å². The molecule has 0 aliphatic heterocycles. The van der Waals surface area contributed by atoms with Gasteiger partial charge >= 0.3 is 0 Å². The number of nitrogens with two attached hydrogens (primary N) is 1. The Bertz CT molecular complexity index is 218. The van der Waals surface area contributed by atoms with Crippen LogP contribution in [-0.4, -0.2) is 5.71 Å². The Labute approximate surface area is 67.7 Å². The Morgan fingerprint density at radius 1 is 1.80 bits per heavy atom. The van der Waals surface area contributed by atoms with Crippen molar-refractivity contribution in [2.24, 2.45) is 10.7 Å². The van der Waals surface area contributed by atoms with Gasteiger partial charge in [-0.1, -0.05) is 6.58 Å². The highest BCUT2D eigenvalue weighted by Crippen LogP contribution is 1.94. The highest BCUT2D eigenvalue weighted by Gasteiger charge is 1.84. The van der Waals surface area contributed by atoms with Crippen LogP contribution in [0, 0.1) is 11.3 Å². The fourth-order valence-electron chi connectivity index (χ4n) is 0.258. The molecule has 0 aliphatic rings. The molecule has 2 N–H and O–H groups in total. The molecule has 0 fully saturated rings. The van der Waals surface area contributed by atoms with Gasteiger partial charge in [-0.15, -0.1) is 0 Å². The third-order valence-electron chi connectivity index (χ3n) is 0.635. The first kappa shape index (κ1) is 8.92. The van der Waals surface area contributed by atoms with Gasteiger partial charge in [0.1, 0.15) is 11.8 Å². The maximum Gasteiger partial charge on any atom is 0.139 e. The van der Waals surface area contributed by atoms with E-state index >= 15 is 0 Å². The minimum atomic E-state index is 0.238. The first-order valence-corrected chi connectivity index (χ1v) is 3.21. The zero-order valence-electron chi connectivity index (χ0n) is 5.21. The van der Waals surface area contributed by atoms with Crippen molar-refractivity contribution in [3.63, 3.8) is 0 Å². The summed E-state index contributed by atoms with van der Waals surface area (Å²) in [6.07, 6.45) is 2.69. The molecule has 0 radical (unpaired) electrons. The van der Waals surface area contributed by atoms with Crippen molar-refractivity contribution in [2.45, 2.75) is 0 Å². The van der Waals surface area contributed by atoms with Crippen LogP contribution in [0.3, 0.4) is 0 Å². The summed E-state index contributed by atoms with van der Waals surface area (Å²) in [6.45, 7) is 3.37. The summed E-state index contributed by atoms with van der Waals surface area (Å²) < 4.78 is 0.377. The zero-order valence-corrected chi connectivity index (χ0v) is 6.80. The largest absolute Gasteiger partial charge is 0.392 e. The molecule has 52 valence electrons. The average Bonchev–Trinajstić information content (AvgIpc) is 1.90. The molecule has 0 saturated carbocycles. The predicted octanol–water partition coefficient (Wildman–Crippen LogP) is 1.29. The van der Waals surface area contributed by atoms with Crippen LogP contribution >= 0.6 is 15.9 Å². The molecule has 0 heterocycles. The number of halogens is 1. The molecule has 0 aliphatic carbocycles. The Morgan fingerprint density at radius 3 is 2.70 bits per heavy atom. The molecule has 10 heavy (non-hydrogen) atoms. The minimum Gasteiger partial charge on any atom is -0.392 e. The summed E-state index contributed by atoms with van der Waals surface area (Å²) in [4.78, 5) is 3.66. The first-order chi connectivity index (χ1) is 4.70. The van der Waals surface area contributed by atoms with E-state index < -0.39 is 0 Å². The second-order valence-corrected chi connectivity index (χ2v) is 2.26. The lowest BCUT2D eigenvalue weighted by atomic mass is 10.4. The maximum absolute atomic E-state index is 8.30. The van der Waals surface area contributed by atoms with Crippen LogP contribution in [-0.2, 0) is 0 Å². The van der Waals surface area contributed by atoms with Crippen LogP contribution in [0.4, 0.5) is 0 Å². The molecule has 0 bridgehead atoms. The molecule has 0 aromatic rings. The van der Waals surface area contributed by atoms with Crippen LogP contribution < -0.4 is 5.73 Å². The predicted molar refractivity (Wildman–Crippen MR) is 44.4 cm³/mol. The van der Waals surface area contributed by atoms with Crippen LogP contribution in [0.25, 0.3) is 0 Å². The number of aliphatic imine (C=N–C) groups is 1. The van der Waals surface area contributed by atoms with Gasteiger partial charge in [0.25, 0.3) is 0 Å². The second kappa shape index (κ2) is 4.77. The van der Waals surface area contributed by atoms with E-state index in [1.807, 2.05) is 6.07 Å². The van der Waals surface area contributed by atoms with Crippen molar-refractivity contribution < 1.29 is 0 Å². The van der Waals surface area contributed by atoms with Crippen molar-refractivity contribution in [2.75, 3.05) is 0 Å². The van der Waals surface area contributed by atoms with Gasteiger partial charge < -0.3 is 5.73 Å². The fraction of sp³-hybridized carbons (Fsp3) is 0. The second-order valence-electron chi connectivity index (χ2n) is 1.34. The fourth-order valence-corrected chi connectivity index (χ4v) is 0.361. The highest BCUT2D eigenvalue weighted by atomic mass is 79.9. The minimum absolute atomic E-state index is 0.238. The number of rotatable bonds is 2. The maximum atomic E-state index is 8.30. The lowest BCUT2D eigenvalue weighted by Crippen LogP contribution is -1.88. The third kappa shape index (κ3) is 3.87. The number of nitriles is 1. The molecule has 0 aromatic carbocycles.